The molecule has 2 aromatic carbocycles. The van der Waals surface area contributed by atoms with Crippen molar-refractivity contribution >= 4 is 63.0 Å². The Labute approximate surface area is 236 Å². The number of hydrogen-bond donors (Lipinski definition) is 2. The molecular weight excluding hydrogens is 585 g/mol. The Morgan fingerprint density at radius 3 is 2.54 bits per heavy atom. The van der Waals surface area contributed by atoms with E-state index in [0.717, 1.165) is 11.3 Å². The Bertz CT molecular complexity index is 1470. The number of halogens is 1. The fraction of sp³-hybridized carbons (Fsp3) is 0.370. The molecule has 1 saturated heterocycles. The lowest BCUT2D eigenvalue weighted by Gasteiger charge is -2.30. The number of fused-ring (bicyclic) bond motifs is 1. The van der Waals surface area contributed by atoms with Crippen molar-refractivity contribution in [3.05, 3.63) is 40.5 Å². The van der Waals surface area contributed by atoms with Gasteiger partial charge in [0.15, 0.2) is 11.5 Å². The largest absolute Gasteiger partial charge is 0.494 e. The minimum atomic E-state index is -2.75. The summed E-state index contributed by atoms with van der Waals surface area (Å²) >= 11 is 3.53. The molecular formula is C27H31BrN5O5P. The molecule has 0 saturated carbocycles. The Morgan fingerprint density at radius 2 is 1.82 bits per heavy atom. The molecule has 3 heterocycles. The zero-order valence-corrected chi connectivity index (χ0v) is 24.8. The van der Waals surface area contributed by atoms with Gasteiger partial charge in [-0.05, 0) is 59.9 Å². The van der Waals surface area contributed by atoms with Gasteiger partial charge in [0.05, 0.1) is 28.3 Å². The first kappa shape index (κ1) is 27.3. The van der Waals surface area contributed by atoms with Gasteiger partial charge in [-0.2, -0.15) is 4.98 Å². The van der Waals surface area contributed by atoms with Gasteiger partial charge in [0, 0.05) is 43.9 Å². The minimum Gasteiger partial charge on any atom is -0.494 e. The average Bonchev–Trinajstić information content (AvgIpc) is 2.90. The van der Waals surface area contributed by atoms with E-state index in [1.807, 2.05) is 25.1 Å². The summed E-state index contributed by atoms with van der Waals surface area (Å²) in [5.41, 5.74) is 3.42. The average molecular weight is 616 g/mol. The first-order valence-electron chi connectivity index (χ1n) is 12.6. The molecule has 2 aliphatic heterocycles. The molecule has 2 aliphatic rings. The van der Waals surface area contributed by atoms with Gasteiger partial charge in [0.1, 0.15) is 37.7 Å². The molecule has 2 N–H and O–H groups in total. The summed E-state index contributed by atoms with van der Waals surface area (Å²) in [5.74, 6) is 2.86. The molecule has 3 aromatic rings. The topological polar surface area (TPSA) is 115 Å². The monoisotopic (exact) mass is 615 g/mol. The van der Waals surface area contributed by atoms with Gasteiger partial charge in [0.25, 0.3) is 0 Å². The number of aryl methyl sites for hydroxylation is 1. The van der Waals surface area contributed by atoms with E-state index in [1.165, 1.54) is 0 Å². The van der Waals surface area contributed by atoms with E-state index >= 15 is 0 Å². The third-order valence-electron chi connectivity index (χ3n) is 6.64. The number of ether oxygens (including phenoxy) is 3. The van der Waals surface area contributed by atoms with Crippen molar-refractivity contribution in [3.63, 3.8) is 0 Å². The number of Topliss-reactive ketones (excluding diaryl/α,β-unsaturated/α-hetero) is 1. The molecule has 39 heavy (non-hydrogen) atoms. The van der Waals surface area contributed by atoms with Crippen molar-refractivity contribution in [2.75, 3.05) is 62.3 Å². The molecule has 1 aromatic heterocycles. The van der Waals surface area contributed by atoms with Gasteiger partial charge >= 0.3 is 0 Å². The molecule has 1 fully saturated rings. The second kappa shape index (κ2) is 11.1. The summed E-state index contributed by atoms with van der Waals surface area (Å²) in [4.78, 5) is 23.0. The SMILES string of the molecule is COc1cc(N2CCC(=O)CC2)c(C)cc1Nc1ncc(Br)c(Nc2ccc3c(c2P(C)(C)=O)OCCO3)n1. The van der Waals surface area contributed by atoms with Crippen molar-refractivity contribution < 1.29 is 23.6 Å². The first-order valence-corrected chi connectivity index (χ1v) is 16.0. The van der Waals surface area contributed by atoms with Crippen LogP contribution in [0.25, 0.3) is 0 Å². The normalized spacial score (nSPS) is 15.2. The lowest BCUT2D eigenvalue weighted by molar-refractivity contribution is -0.119. The Hall–Kier alpha value is -3.30. The summed E-state index contributed by atoms with van der Waals surface area (Å²) in [6, 6.07) is 7.60. The van der Waals surface area contributed by atoms with E-state index in [0.29, 0.717) is 95.1 Å². The number of rotatable bonds is 7. The lowest BCUT2D eigenvalue weighted by Crippen LogP contribution is -2.34. The van der Waals surface area contributed by atoms with Crippen LogP contribution in [0.3, 0.4) is 0 Å². The molecule has 0 aliphatic carbocycles. The van der Waals surface area contributed by atoms with E-state index in [-0.39, 0.29) is 0 Å². The Balaban J connectivity index is 1.44. The third kappa shape index (κ3) is 5.84. The van der Waals surface area contributed by atoms with Crippen LogP contribution in [0.5, 0.6) is 17.2 Å². The predicted molar refractivity (Wildman–Crippen MR) is 157 cm³/mol. The molecule has 0 unspecified atom stereocenters. The number of carbonyl (C=O) groups is 1. The van der Waals surface area contributed by atoms with Crippen molar-refractivity contribution in [2.45, 2.75) is 19.8 Å². The smallest absolute Gasteiger partial charge is 0.229 e. The Morgan fingerprint density at radius 1 is 1.08 bits per heavy atom. The number of ketones is 1. The van der Waals surface area contributed by atoms with E-state index in [2.05, 4.69) is 41.4 Å². The second-order valence-corrected chi connectivity index (χ2v) is 13.8. The number of nitrogens with one attached hydrogen (secondary N) is 2. The van der Waals surface area contributed by atoms with Crippen LogP contribution in [0, 0.1) is 6.92 Å². The van der Waals surface area contributed by atoms with Crippen molar-refractivity contribution in [1.82, 2.24) is 9.97 Å². The van der Waals surface area contributed by atoms with Crippen LogP contribution >= 0.6 is 23.1 Å². The molecule has 0 spiro atoms. The standard InChI is InChI=1S/C27H31BrN5O5P/c1-16-13-20(23(36-2)14-21(16)33-9-7-17(34)8-10-33)31-27-29-15-18(28)26(32-27)30-19-5-6-22-24(38-12-11-37-22)25(19)39(3,4)35/h5-6,13-15H,7-12H2,1-4H3,(H2,29,30,31,32). The first-order chi connectivity index (χ1) is 18.6. The Kier molecular flexibility index (Phi) is 7.73. The number of carbonyl (C=O) groups excluding carboxylic acids is 1. The van der Waals surface area contributed by atoms with Gasteiger partial charge in [-0.15, -0.1) is 0 Å². The minimum absolute atomic E-state index is 0.301. The highest BCUT2D eigenvalue weighted by Gasteiger charge is 2.28. The number of anilines is 5. The van der Waals surface area contributed by atoms with E-state index in [1.54, 1.807) is 32.7 Å². The fourth-order valence-corrected chi connectivity index (χ4v) is 6.45. The maximum atomic E-state index is 13.3. The van der Waals surface area contributed by atoms with Crippen molar-refractivity contribution in [2.24, 2.45) is 0 Å². The van der Waals surface area contributed by atoms with E-state index in [9.17, 15) is 9.36 Å². The number of piperidine rings is 1. The van der Waals surface area contributed by atoms with E-state index in [4.69, 9.17) is 14.2 Å². The van der Waals surface area contributed by atoms with Gasteiger partial charge < -0.3 is 34.3 Å². The predicted octanol–water partition coefficient (Wildman–Crippen LogP) is 5.23. The van der Waals surface area contributed by atoms with Crippen molar-refractivity contribution in [3.8, 4) is 17.2 Å². The van der Waals surface area contributed by atoms with Gasteiger partial charge in [0.2, 0.25) is 5.95 Å². The molecule has 10 nitrogen and oxygen atoms in total. The molecule has 0 amide bonds. The molecule has 0 atom stereocenters. The van der Waals surface area contributed by atoms with Crippen molar-refractivity contribution in [1.29, 1.82) is 0 Å². The summed E-state index contributed by atoms with van der Waals surface area (Å²) in [6.07, 6.45) is 2.76. The van der Waals surface area contributed by atoms with Gasteiger partial charge in [-0.1, -0.05) is 0 Å². The van der Waals surface area contributed by atoms with Crippen LogP contribution in [-0.2, 0) is 9.36 Å². The number of nitrogens with zero attached hydrogens (tertiary/aromatic N) is 3. The third-order valence-corrected chi connectivity index (χ3v) is 8.75. The molecule has 0 bridgehead atoms. The van der Waals surface area contributed by atoms with Gasteiger partial charge in [-0.3, -0.25) is 4.79 Å². The summed E-state index contributed by atoms with van der Waals surface area (Å²) in [7, 11) is -1.14. The zero-order valence-electron chi connectivity index (χ0n) is 22.3. The van der Waals surface area contributed by atoms with Gasteiger partial charge in [-0.25, -0.2) is 4.98 Å². The van der Waals surface area contributed by atoms with Crippen LogP contribution in [0.2, 0.25) is 0 Å². The maximum absolute atomic E-state index is 13.3. The van der Waals surface area contributed by atoms with Crippen LogP contribution in [0.4, 0.5) is 28.8 Å². The number of aromatic nitrogens is 2. The highest BCUT2D eigenvalue weighted by Crippen LogP contribution is 2.47. The molecule has 206 valence electrons. The number of methoxy groups -OCH3 is 1. The lowest BCUT2D eigenvalue weighted by atomic mass is 10.1. The summed E-state index contributed by atoms with van der Waals surface area (Å²) in [6.45, 7) is 7.68. The highest BCUT2D eigenvalue weighted by atomic mass is 79.9. The summed E-state index contributed by atoms with van der Waals surface area (Å²) < 4.78 is 31.2. The highest BCUT2D eigenvalue weighted by molar-refractivity contribution is 9.10. The summed E-state index contributed by atoms with van der Waals surface area (Å²) in [5, 5.41) is 7.15. The second-order valence-electron chi connectivity index (χ2n) is 9.84. The zero-order chi connectivity index (χ0) is 27.7. The number of hydrogen-bond acceptors (Lipinski definition) is 10. The van der Waals surface area contributed by atoms with Crippen LogP contribution in [-0.4, -0.2) is 62.5 Å². The quantitative estimate of drug-likeness (QED) is 0.342. The fourth-order valence-electron chi connectivity index (χ4n) is 4.78. The maximum Gasteiger partial charge on any atom is 0.229 e. The molecule has 5 rings (SSSR count). The number of benzene rings is 2. The molecule has 0 radical (unpaired) electrons. The van der Waals surface area contributed by atoms with Crippen LogP contribution in [0.1, 0.15) is 18.4 Å². The van der Waals surface area contributed by atoms with Crippen LogP contribution in [0.15, 0.2) is 34.9 Å². The molecule has 12 heteroatoms. The van der Waals surface area contributed by atoms with E-state index < -0.39 is 7.14 Å². The van der Waals surface area contributed by atoms with Crippen LogP contribution < -0.4 is 35.0 Å².